The normalized spacial score (nSPS) is 17.2. The molecule has 0 aliphatic heterocycles. The second-order valence-electron chi connectivity index (χ2n) is 7.92. The molecule has 3 nitrogen and oxygen atoms in total. The van der Waals surface area contributed by atoms with Crippen LogP contribution < -0.4 is 9.47 Å². The lowest BCUT2D eigenvalue weighted by molar-refractivity contribution is -0.00336. The van der Waals surface area contributed by atoms with Gasteiger partial charge >= 0.3 is 0 Å². The summed E-state index contributed by atoms with van der Waals surface area (Å²) in [7, 11) is 3.39. The molecule has 0 amide bonds. The molecule has 1 fully saturated rings. The second kappa shape index (κ2) is 8.46. The molecule has 0 spiro atoms. The van der Waals surface area contributed by atoms with E-state index in [1.54, 1.807) is 14.2 Å². The van der Waals surface area contributed by atoms with Crippen LogP contribution in [-0.4, -0.2) is 19.3 Å². The Morgan fingerprint density at radius 1 is 0.857 bits per heavy atom. The van der Waals surface area contributed by atoms with E-state index < -0.39 is 5.60 Å². The average molecular weight is 447 g/mol. The van der Waals surface area contributed by atoms with Gasteiger partial charge in [0, 0.05) is 15.6 Å². The third kappa shape index (κ3) is 3.46. The molecule has 4 heteroatoms. The SMILES string of the molecule is COc1c(C)c(C)c(OC)c(C(O)(c2ccc(Br)cc2)C2CCCCC2)c1C. The van der Waals surface area contributed by atoms with E-state index in [1.165, 1.54) is 6.42 Å². The molecule has 3 rings (SSSR count). The zero-order valence-corrected chi connectivity index (χ0v) is 19.1. The third-order valence-corrected chi connectivity index (χ3v) is 6.98. The fourth-order valence-electron chi connectivity index (χ4n) is 4.92. The fourth-order valence-corrected chi connectivity index (χ4v) is 5.19. The second-order valence-corrected chi connectivity index (χ2v) is 8.84. The van der Waals surface area contributed by atoms with Gasteiger partial charge in [0.2, 0.25) is 0 Å². The summed E-state index contributed by atoms with van der Waals surface area (Å²) in [5, 5.41) is 12.4. The summed E-state index contributed by atoms with van der Waals surface area (Å²) in [6, 6.07) is 8.06. The van der Waals surface area contributed by atoms with Crippen molar-refractivity contribution in [2.45, 2.75) is 58.5 Å². The number of rotatable bonds is 5. The molecule has 152 valence electrons. The lowest BCUT2D eigenvalue weighted by atomic mass is 9.68. The van der Waals surface area contributed by atoms with Gasteiger partial charge in [-0.25, -0.2) is 0 Å². The van der Waals surface area contributed by atoms with Gasteiger partial charge in [0.25, 0.3) is 0 Å². The predicted octanol–water partition coefficient (Wildman–Crippen LogP) is 6.21. The molecular formula is C24H31BrO3. The van der Waals surface area contributed by atoms with Crippen LogP contribution in [0.15, 0.2) is 28.7 Å². The Morgan fingerprint density at radius 3 is 1.93 bits per heavy atom. The number of ether oxygens (including phenoxy) is 2. The summed E-state index contributed by atoms with van der Waals surface area (Å²) in [4.78, 5) is 0. The highest BCUT2D eigenvalue weighted by Gasteiger charge is 2.45. The lowest BCUT2D eigenvalue weighted by Crippen LogP contribution is -2.39. The van der Waals surface area contributed by atoms with Crippen molar-refractivity contribution < 1.29 is 14.6 Å². The smallest absolute Gasteiger partial charge is 0.129 e. The Kier molecular flexibility index (Phi) is 6.41. The topological polar surface area (TPSA) is 38.7 Å². The minimum atomic E-state index is -1.12. The standard InChI is InChI=1S/C24H31BrO3/c1-15-16(2)23(28-5)21(17(3)22(15)27-4)24(26,18-9-7-6-8-10-18)19-11-13-20(25)14-12-19/h11-14,18,26H,6-10H2,1-5H3. The zero-order valence-electron chi connectivity index (χ0n) is 17.6. The quantitative estimate of drug-likeness (QED) is 0.593. The summed E-state index contributed by atoms with van der Waals surface area (Å²) < 4.78 is 12.7. The summed E-state index contributed by atoms with van der Waals surface area (Å²) in [5.41, 5.74) is 3.67. The van der Waals surface area contributed by atoms with Crippen molar-refractivity contribution in [3.8, 4) is 11.5 Å². The molecule has 1 aliphatic carbocycles. The molecule has 1 atom stereocenters. The summed E-state index contributed by atoms with van der Waals surface area (Å²) in [6.07, 6.45) is 5.54. The maximum absolute atomic E-state index is 12.4. The molecule has 1 aliphatic rings. The van der Waals surface area contributed by atoms with Crippen LogP contribution in [0.25, 0.3) is 0 Å². The molecule has 28 heavy (non-hydrogen) atoms. The first-order valence-electron chi connectivity index (χ1n) is 10.1. The van der Waals surface area contributed by atoms with E-state index in [2.05, 4.69) is 15.9 Å². The van der Waals surface area contributed by atoms with Crippen LogP contribution >= 0.6 is 15.9 Å². The van der Waals surface area contributed by atoms with Crippen molar-refractivity contribution in [1.29, 1.82) is 0 Å². The minimum Gasteiger partial charge on any atom is -0.496 e. The summed E-state index contributed by atoms with van der Waals surface area (Å²) in [5.74, 6) is 1.74. The van der Waals surface area contributed by atoms with Crippen molar-refractivity contribution in [1.82, 2.24) is 0 Å². The van der Waals surface area contributed by atoms with Gasteiger partial charge in [-0.3, -0.25) is 0 Å². The van der Waals surface area contributed by atoms with Gasteiger partial charge in [-0.15, -0.1) is 0 Å². The highest BCUT2D eigenvalue weighted by atomic mass is 79.9. The van der Waals surface area contributed by atoms with E-state index in [-0.39, 0.29) is 5.92 Å². The van der Waals surface area contributed by atoms with Crippen molar-refractivity contribution in [3.05, 3.63) is 56.6 Å². The van der Waals surface area contributed by atoms with Crippen LogP contribution in [0, 0.1) is 26.7 Å². The van der Waals surface area contributed by atoms with E-state index in [0.29, 0.717) is 0 Å². The number of methoxy groups -OCH3 is 2. The fraction of sp³-hybridized carbons (Fsp3) is 0.500. The van der Waals surface area contributed by atoms with Gasteiger partial charge < -0.3 is 14.6 Å². The van der Waals surface area contributed by atoms with Crippen molar-refractivity contribution in [2.24, 2.45) is 5.92 Å². The summed E-state index contributed by atoms with van der Waals surface area (Å²) >= 11 is 3.52. The molecule has 1 saturated carbocycles. The van der Waals surface area contributed by atoms with Gasteiger partial charge in [-0.1, -0.05) is 47.3 Å². The van der Waals surface area contributed by atoms with Crippen LogP contribution in [0.1, 0.15) is 59.9 Å². The Labute approximate surface area is 177 Å². The Balaban J connectivity index is 2.35. The molecule has 0 bridgehead atoms. The first-order chi connectivity index (χ1) is 13.4. The molecule has 1 N–H and O–H groups in total. The predicted molar refractivity (Wildman–Crippen MR) is 117 cm³/mol. The number of hydrogen-bond donors (Lipinski definition) is 1. The molecule has 0 aromatic heterocycles. The van der Waals surface area contributed by atoms with Crippen LogP contribution in [0.4, 0.5) is 0 Å². The van der Waals surface area contributed by atoms with Crippen LogP contribution in [0.2, 0.25) is 0 Å². The molecule has 2 aromatic rings. The molecule has 0 heterocycles. The number of halogens is 1. The van der Waals surface area contributed by atoms with Crippen LogP contribution in [0.3, 0.4) is 0 Å². The highest BCUT2D eigenvalue weighted by molar-refractivity contribution is 9.10. The minimum absolute atomic E-state index is 0.141. The summed E-state index contributed by atoms with van der Waals surface area (Å²) in [6.45, 7) is 6.13. The van der Waals surface area contributed by atoms with Crippen molar-refractivity contribution >= 4 is 15.9 Å². The molecule has 0 saturated heterocycles. The Bertz CT molecular complexity index is 838. The van der Waals surface area contributed by atoms with Gasteiger partial charge in [0.05, 0.1) is 14.2 Å². The van der Waals surface area contributed by atoms with Gasteiger partial charge in [0.15, 0.2) is 0 Å². The number of benzene rings is 2. The largest absolute Gasteiger partial charge is 0.496 e. The maximum Gasteiger partial charge on any atom is 0.129 e. The number of hydrogen-bond acceptors (Lipinski definition) is 3. The van der Waals surface area contributed by atoms with Gasteiger partial charge in [-0.2, -0.15) is 0 Å². The van der Waals surface area contributed by atoms with E-state index in [0.717, 1.165) is 69.5 Å². The van der Waals surface area contributed by atoms with E-state index >= 15 is 0 Å². The first-order valence-corrected chi connectivity index (χ1v) is 10.9. The first kappa shape index (κ1) is 21.2. The Morgan fingerprint density at radius 2 is 1.39 bits per heavy atom. The Hall–Kier alpha value is -1.52. The van der Waals surface area contributed by atoms with E-state index in [1.807, 2.05) is 45.0 Å². The van der Waals surface area contributed by atoms with Crippen molar-refractivity contribution in [3.63, 3.8) is 0 Å². The van der Waals surface area contributed by atoms with Gasteiger partial charge in [-0.05, 0) is 68.4 Å². The van der Waals surface area contributed by atoms with Crippen LogP contribution in [0.5, 0.6) is 11.5 Å². The average Bonchev–Trinajstić information content (AvgIpc) is 2.71. The van der Waals surface area contributed by atoms with E-state index in [9.17, 15) is 5.11 Å². The monoisotopic (exact) mass is 446 g/mol. The maximum atomic E-state index is 12.4. The molecule has 0 radical (unpaired) electrons. The lowest BCUT2D eigenvalue weighted by Gasteiger charge is -2.41. The molecular weight excluding hydrogens is 416 g/mol. The highest BCUT2D eigenvalue weighted by Crippen LogP contribution is 2.51. The molecule has 2 aromatic carbocycles. The zero-order chi connectivity index (χ0) is 20.5. The van der Waals surface area contributed by atoms with Gasteiger partial charge in [0.1, 0.15) is 17.1 Å². The van der Waals surface area contributed by atoms with Crippen molar-refractivity contribution in [2.75, 3.05) is 14.2 Å². The van der Waals surface area contributed by atoms with Crippen LogP contribution in [-0.2, 0) is 5.60 Å². The van der Waals surface area contributed by atoms with E-state index in [4.69, 9.17) is 9.47 Å². The third-order valence-electron chi connectivity index (χ3n) is 6.46. The number of aliphatic hydroxyl groups is 1. The molecule has 1 unspecified atom stereocenters.